The summed E-state index contributed by atoms with van der Waals surface area (Å²) in [4.78, 5) is 11.7. The first-order valence-corrected chi connectivity index (χ1v) is 5.79. The van der Waals surface area contributed by atoms with Crippen LogP contribution in [-0.2, 0) is 4.79 Å². The van der Waals surface area contributed by atoms with Crippen LogP contribution in [-0.4, -0.2) is 19.1 Å². The molecule has 0 aliphatic heterocycles. The van der Waals surface area contributed by atoms with Gasteiger partial charge in [-0.3, -0.25) is 4.79 Å². The fraction of sp³-hybridized carbons (Fsp3) is 0.462. The zero-order chi connectivity index (χ0) is 12.8. The first-order chi connectivity index (χ1) is 8.08. The molecule has 0 saturated heterocycles. The van der Waals surface area contributed by atoms with E-state index < -0.39 is 6.04 Å². The molecule has 1 aromatic rings. The maximum Gasteiger partial charge on any atom is 0.241 e. The Morgan fingerprint density at radius 3 is 2.76 bits per heavy atom. The zero-order valence-electron chi connectivity index (χ0n) is 10.6. The fourth-order valence-electron chi connectivity index (χ4n) is 1.63. The summed E-state index contributed by atoms with van der Waals surface area (Å²) in [7, 11) is 1.62. The molecule has 4 nitrogen and oxygen atoms in total. The minimum Gasteiger partial charge on any atom is -0.496 e. The monoisotopic (exact) mass is 236 g/mol. The number of carbonyl (C=O) groups is 1. The van der Waals surface area contributed by atoms with Gasteiger partial charge in [0, 0.05) is 5.69 Å². The molecule has 0 radical (unpaired) electrons. The molecule has 3 N–H and O–H groups in total. The lowest BCUT2D eigenvalue weighted by Crippen LogP contribution is -2.35. The number of nitrogens with one attached hydrogen (secondary N) is 1. The molecule has 0 bridgehead atoms. The number of carbonyl (C=O) groups excluding carboxylic acids is 1. The predicted molar refractivity (Wildman–Crippen MR) is 69.2 cm³/mol. The Morgan fingerprint density at radius 1 is 1.53 bits per heavy atom. The van der Waals surface area contributed by atoms with E-state index >= 15 is 0 Å². The third kappa shape index (κ3) is 3.75. The Hall–Kier alpha value is -1.55. The molecule has 17 heavy (non-hydrogen) atoms. The highest BCUT2D eigenvalue weighted by molar-refractivity contribution is 5.94. The summed E-state index contributed by atoms with van der Waals surface area (Å²) < 4.78 is 5.15. The number of aryl methyl sites for hydroxylation is 1. The number of benzene rings is 1. The van der Waals surface area contributed by atoms with E-state index in [2.05, 4.69) is 5.32 Å². The quantitative estimate of drug-likeness (QED) is 0.822. The molecule has 0 saturated carbocycles. The Bertz CT molecular complexity index is 391. The summed E-state index contributed by atoms with van der Waals surface area (Å²) in [6.45, 7) is 3.94. The smallest absolute Gasteiger partial charge is 0.241 e. The van der Waals surface area contributed by atoms with Gasteiger partial charge in [0.05, 0.1) is 13.2 Å². The predicted octanol–water partition coefficient (Wildman–Crippen LogP) is 2.07. The van der Waals surface area contributed by atoms with Gasteiger partial charge in [0.15, 0.2) is 0 Å². The first-order valence-electron chi connectivity index (χ1n) is 5.79. The minimum atomic E-state index is -0.442. The van der Waals surface area contributed by atoms with E-state index in [1.54, 1.807) is 7.11 Å². The maximum atomic E-state index is 11.7. The van der Waals surface area contributed by atoms with E-state index in [1.165, 1.54) is 0 Å². The van der Waals surface area contributed by atoms with Crippen LogP contribution in [0.2, 0.25) is 0 Å². The summed E-state index contributed by atoms with van der Waals surface area (Å²) in [5.41, 5.74) is 7.46. The van der Waals surface area contributed by atoms with Crippen LogP contribution in [0.5, 0.6) is 5.75 Å². The number of nitrogens with two attached hydrogens (primary N) is 1. The van der Waals surface area contributed by atoms with E-state index in [0.29, 0.717) is 6.42 Å². The number of rotatable bonds is 5. The van der Waals surface area contributed by atoms with Crippen molar-refractivity contribution in [2.75, 3.05) is 12.4 Å². The Kier molecular flexibility index (Phi) is 4.97. The van der Waals surface area contributed by atoms with Crippen LogP contribution in [0.3, 0.4) is 0 Å². The van der Waals surface area contributed by atoms with Gasteiger partial charge in [0.25, 0.3) is 0 Å². The largest absolute Gasteiger partial charge is 0.496 e. The molecule has 1 atom stereocenters. The normalized spacial score (nSPS) is 12.0. The first kappa shape index (κ1) is 13.5. The number of hydrogen-bond acceptors (Lipinski definition) is 3. The third-order valence-corrected chi connectivity index (χ3v) is 2.60. The molecule has 1 aromatic carbocycles. The summed E-state index contributed by atoms with van der Waals surface area (Å²) in [5.74, 6) is 0.664. The van der Waals surface area contributed by atoms with Gasteiger partial charge in [-0.05, 0) is 37.1 Å². The van der Waals surface area contributed by atoms with E-state index in [-0.39, 0.29) is 5.91 Å². The van der Waals surface area contributed by atoms with E-state index in [4.69, 9.17) is 10.5 Å². The topological polar surface area (TPSA) is 64.4 Å². The SMILES string of the molecule is CCC[C@@H](N)C(=O)Nc1ccc(OC)c(C)c1. The average molecular weight is 236 g/mol. The van der Waals surface area contributed by atoms with Crippen LogP contribution in [0, 0.1) is 6.92 Å². The van der Waals surface area contributed by atoms with Crippen molar-refractivity contribution in [3.8, 4) is 5.75 Å². The second-order valence-corrected chi connectivity index (χ2v) is 4.07. The molecule has 1 rings (SSSR count). The number of anilines is 1. The second kappa shape index (κ2) is 6.25. The van der Waals surface area contributed by atoms with Gasteiger partial charge in [-0.25, -0.2) is 0 Å². The van der Waals surface area contributed by atoms with Crippen LogP contribution in [0.15, 0.2) is 18.2 Å². The van der Waals surface area contributed by atoms with Gasteiger partial charge >= 0.3 is 0 Å². The highest BCUT2D eigenvalue weighted by Gasteiger charge is 2.12. The molecule has 0 aliphatic carbocycles. The van der Waals surface area contributed by atoms with Crippen molar-refractivity contribution < 1.29 is 9.53 Å². The number of amides is 1. The van der Waals surface area contributed by atoms with Gasteiger partial charge in [-0.1, -0.05) is 13.3 Å². The lowest BCUT2D eigenvalue weighted by Gasteiger charge is -2.12. The molecule has 0 spiro atoms. The summed E-state index contributed by atoms with van der Waals surface area (Å²) in [6.07, 6.45) is 1.59. The van der Waals surface area contributed by atoms with Crippen LogP contribution >= 0.6 is 0 Å². The lowest BCUT2D eigenvalue weighted by molar-refractivity contribution is -0.117. The summed E-state index contributed by atoms with van der Waals surface area (Å²) >= 11 is 0. The van der Waals surface area contributed by atoms with Crippen molar-refractivity contribution in [3.05, 3.63) is 23.8 Å². The van der Waals surface area contributed by atoms with Crippen LogP contribution in [0.1, 0.15) is 25.3 Å². The molecule has 1 amide bonds. The second-order valence-electron chi connectivity index (χ2n) is 4.07. The molecule has 0 aromatic heterocycles. The highest BCUT2D eigenvalue weighted by atomic mass is 16.5. The van der Waals surface area contributed by atoms with Crippen LogP contribution < -0.4 is 15.8 Å². The molecule has 94 valence electrons. The zero-order valence-corrected chi connectivity index (χ0v) is 10.6. The number of ether oxygens (including phenoxy) is 1. The third-order valence-electron chi connectivity index (χ3n) is 2.60. The van der Waals surface area contributed by atoms with Gasteiger partial charge in [0.2, 0.25) is 5.91 Å². The standard InChI is InChI=1S/C13H20N2O2/c1-4-5-11(14)13(16)15-10-6-7-12(17-3)9(2)8-10/h6-8,11H,4-5,14H2,1-3H3,(H,15,16)/t11-/m1/s1. The summed E-state index contributed by atoms with van der Waals surface area (Å²) in [5, 5.41) is 2.80. The van der Waals surface area contributed by atoms with Crippen molar-refractivity contribution in [1.82, 2.24) is 0 Å². The maximum absolute atomic E-state index is 11.7. The molecule has 0 fully saturated rings. The van der Waals surface area contributed by atoms with Crippen LogP contribution in [0.25, 0.3) is 0 Å². The average Bonchev–Trinajstić information content (AvgIpc) is 2.29. The molecule has 4 heteroatoms. The lowest BCUT2D eigenvalue weighted by atomic mass is 10.1. The van der Waals surface area contributed by atoms with E-state index in [0.717, 1.165) is 23.4 Å². The molecular weight excluding hydrogens is 216 g/mol. The fourth-order valence-corrected chi connectivity index (χ4v) is 1.63. The van der Waals surface area contributed by atoms with Gasteiger partial charge in [-0.15, -0.1) is 0 Å². The van der Waals surface area contributed by atoms with Crippen molar-refractivity contribution >= 4 is 11.6 Å². The van der Waals surface area contributed by atoms with E-state index in [1.807, 2.05) is 32.0 Å². The molecular formula is C13H20N2O2. The number of methoxy groups -OCH3 is 1. The van der Waals surface area contributed by atoms with Crippen molar-refractivity contribution in [1.29, 1.82) is 0 Å². The molecule has 0 aliphatic rings. The molecule has 0 unspecified atom stereocenters. The van der Waals surface area contributed by atoms with Crippen LogP contribution in [0.4, 0.5) is 5.69 Å². The Morgan fingerprint density at radius 2 is 2.24 bits per heavy atom. The van der Waals surface area contributed by atoms with Gasteiger partial charge < -0.3 is 15.8 Å². The van der Waals surface area contributed by atoms with Crippen molar-refractivity contribution in [2.24, 2.45) is 5.73 Å². The molecule has 0 heterocycles. The van der Waals surface area contributed by atoms with E-state index in [9.17, 15) is 4.79 Å². The van der Waals surface area contributed by atoms with Gasteiger partial charge in [-0.2, -0.15) is 0 Å². The summed E-state index contributed by atoms with van der Waals surface area (Å²) in [6, 6.07) is 5.07. The number of hydrogen-bond donors (Lipinski definition) is 2. The Labute approximate surface area is 102 Å². The highest BCUT2D eigenvalue weighted by Crippen LogP contribution is 2.21. The minimum absolute atomic E-state index is 0.142. The van der Waals surface area contributed by atoms with Crippen molar-refractivity contribution in [2.45, 2.75) is 32.7 Å². The van der Waals surface area contributed by atoms with Gasteiger partial charge in [0.1, 0.15) is 5.75 Å². The van der Waals surface area contributed by atoms with Crippen molar-refractivity contribution in [3.63, 3.8) is 0 Å². The Balaban J connectivity index is 2.69.